The van der Waals surface area contributed by atoms with Gasteiger partial charge in [-0.15, -0.1) is 0 Å². The van der Waals surface area contributed by atoms with E-state index in [9.17, 15) is 0 Å². The SMILES string of the molecule is COc1ncnc(C2CC2)c1-c1nn(C)c2c1CN(c1ccc(-c3nn(C)c4c3CN(C)CC4)cc1)CC2. The Kier molecular flexibility index (Phi) is 5.51. The van der Waals surface area contributed by atoms with Crippen LogP contribution in [-0.4, -0.2) is 61.7 Å². The number of hydrogen-bond acceptors (Lipinski definition) is 7. The molecule has 9 heteroatoms. The van der Waals surface area contributed by atoms with Crippen LogP contribution in [0.15, 0.2) is 30.6 Å². The number of ether oxygens (including phenoxy) is 1. The Morgan fingerprint density at radius 1 is 0.816 bits per heavy atom. The van der Waals surface area contributed by atoms with E-state index in [4.69, 9.17) is 14.9 Å². The fourth-order valence-electron chi connectivity index (χ4n) is 6.23. The predicted molar refractivity (Wildman–Crippen MR) is 146 cm³/mol. The van der Waals surface area contributed by atoms with Crippen LogP contribution in [0.2, 0.25) is 0 Å². The van der Waals surface area contributed by atoms with Crippen LogP contribution in [0, 0.1) is 0 Å². The average Bonchev–Trinajstić information content (AvgIpc) is 3.67. The Hall–Kier alpha value is -3.72. The van der Waals surface area contributed by atoms with E-state index in [1.165, 1.54) is 33.8 Å². The highest BCUT2D eigenvalue weighted by Crippen LogP contribution is 2.46. The zero-order chi connectivity index (χ0) is 26.0. The van der Waals surface area contributed by atoms with Crippen LogP contribution in [0.3, 0.4) is 0 Å². The number of likely N-dealkylation sites (N-methyl/N-ethyl adjacent to an activating group) is 1. The molecule has 1 fully saturated rings. The maximum absolute atomic E-state index is 5.71. The smallest absolute Gasteiger partial charge is 0.226 e. The Labute approximate surface area is 223 Å². The first-order chi connectivity index (χ1) is 18.5. The zero-order valence-electron chi connectivity index (χ0n) is 22.6. The van der Waals surface area contributed by atoms with Gasteiger partial charge in [0, 0.05) is 92.8 Å². The first-order valence-corrected chi connectivity index (χ1v) is 13.5. The van der Waals surface area contributed by atoms with Crippen LogP contribution in [0.5, 0.6) is 5.88 Å². The number of fused-ring (bicyclic) bond motifs is 2. The number of nitrogens with zero attached hydrogens (tertiary/aromatic N) is 8. The van der Waals surface area contributed by atoms with E-state index in [-0.39, 0.29) is 0 Å². The van der Waals surface area contributed by atoms with Crippen molar-refractivity contribution in [3.8, 4) is 28.4 Å². The second-order valence-corrected chi connectivity index (χ2v) is 10.9. The van der Waals surface area contributed by atoms with Crippen LogP contribution in [-0.2, 0) is 40.0 Å². The third-order valence-electron chi connectivity index (χ3n) is 8.42. The van der Waals surface area contributed by atoms with Crippen LogP contribution in [0.25, 0.3) is 22.5 Å². The number of aromatic nitrogens is 6. The summed E-state index contributed by atoms with van der Waals surface area (Å²) in [5.41, 5.74) is 11.8. The standard InChI is InChI=1S/C29H34N8O/c1-34-13-11-23-21(15-34)26(32-35(23)2)18-7-9-20(10-8-18)37-14-12-24-22(16-37)28(33-36(24)3)25-27(19-5-6-19)30-17-31-29(25)38-4/h7-10,17,19H,5-6,11-16H2,1-4H3. The van der Waals surface area contributed by atoms with Gasteiger partial charge >= 0.3 is 0 Å². The van der Waals surface area contributed by atoms with Gasteiger partial charge in [0.1, 0.15) is 12.0 Å². The molecule has 0 radical (unpaired) electrons. The van der Waals surface area contributed by atoms with Crippen molar-refractivity contribution in [3.63, 3.8) is 0 Å². The molecule has 1 saturated carbocycles. The van der Waals surface area contributed by atoms with Gasteiger partial charge in [0.25, 0.3) is 0 Å². The summed E-state index contributed by atoms with van der Waals surface area (Å²) in [6.07, 6.45) is 5.94. The minimum absolute atomic E-state index is 0.476. The summed E-state index contributed by atoms with van der Waals surface area (Å²) >= 11 is 0. The fraction of sp³-hybridized carbons (Fsp3) is 0.448. The lowest BCUT2D eigenvalue weighted by Gasteiger charge is -2.30. The molecule has 1 aliphatic carbocycles. The van der Waals surface area contributed by atoms with E-state index in [0.717, 1.165) is 74.5 Å². The molecule has 0 atom stereocenters. The molecule has 5 heterocycles. The highest BCUT2D eigenvalue weighted by atomic mass is 16.5. The maximum atomic E-state index is 5.71. The van der Waals surface area contributed by atoms with Gasteiger partial charge in [0.05, 0.1) is 24.1 Å². The predicted octanol–water partition coefficient (Wildman–Crippen LogP) is 3.71. The second kappa shape index (κ2) is 8.94. The molecule has 0 spiro atoms. The summed E-state index contributed by atoms with van der Waals surface area (Å²) in [5.74, 6) is 1.09. The molecular formula is C29H34N8O. The van der Waals surface area contributed by atoms with Crippen molar-refractivity contribution in [2.75, 3.05) is 32.1 Å². The number of anilines is 1. The molecular weight excluding hydrogens is 476 g/mol. The largest absolute Gasteiger partial charge is 0.480 e. The maximum Gasteiger partial charge on any atom is 0.226 e. The monoisotopic (exact) mass is 510 g/mol. The summed E-state index contributed by atoms with van der Waals surface area (Å²) in [4.78, 5) is 13.9. The quantitative estimate of drug-likeness (QED) is 0.405. The van der Waals surface area contributed by atoms with Crippen LogP contribution in [0.1, 0.15) is 47.0 Å². The Morgan fingerprint density at radius 2 is 1.50 bits per heavy atom. The van der Waals surface area contributed by atoms with Gasteiger partial charge in [-0.05, 0) is 32.0 Å². The molecule has 0 amide bonds. The first-order valence-electron chi connectivity index (χ1n) is 13.5. The van der Waals surface area contributed by atoms with Gasteiger partial charge < -0.3 is 14.5 Å². The molecule has 38 heavy (non-hydrogen) atoms. The van der Waals surface area contributed by atoms with Crippen molar-refractivity contribution in [1.82, 2.24) is 34.4 Å². The summed E-state index contributed by atoms with van der Waals surface area (Å²) < 4.78 is 9.81. The molecule has 1 aromatic carbocycles. The lowest BCUT2D eigenvalue weighted by molar-refractivity contribution is 0.309. The third-order valence-corrected chi connectivity index (χ3v) is 8.42. The van der Waals surface area contributed by atoms with E-state index in [1.807, 2.05) is 11.7 Å². The van der Waals surface area contributed by atoms with Gasteiger partial charge in [0.2, 0.25) is 5.88 Å². The molecule has 0 saturated heterocycles. The topological polar surface area (TPSA) is 77.1 Å². The minimum atomic E-state index is 0.476. The van der Waals surface area contributed by atoms with Crippen LogP contribution in [0.4, 0.5) is 5.69 Å². The third kappa shape index (κ3) is 3.79. The molecule has 2 aliphatic heterocycles. The van der Waals surface area contributed by atoms with Crippen LogP contribution < -0.4 is 9.64 Å². The van der Waals surface area contributed by atoms with E-state index in [2.05, 4.69) is 62.8 Å². The molecule has 9 nitrogen and oxygen atoms in total. The van der Waals surface area contributed by atoms with Crippen molar-refractivity contribution >= 4 is 5.69 Å². The van der Waals surface area contributed by atoms with Gasteiger partial charge in [-0.2, -0.15) is 10.2 Å². The molecule has 3 aromatic heterocycles. The highest BCUT2D eigenvalue weighted by molar-refractivity contribution is 5.74. The number of methoxy groups -OCH3 is 1. The minimum Gasteiger partial charge on any atom is -0.480 e. The number of benzene rings is 1. The van der Waals surface area contributed by atoms with Crippen molar-refractivity contribution in [1.29, 1.82) is 0 Å². The summed E-state index contributed by atoms with van der Waals surface area (Å²) in [6, 6.07) is 8.94. The number of hydrogen-bond donors (Lipinski definition) is 0. The van der Waals surface area contributed by atoms with Gasteiger partial charge in [-0.3, -0.25) is 9.36 Å². The molecule has 7 rings (SSSR count). The summed E-state index contributed by atoms with van der Waals surface area (Å²) in [6.45, 7) is 3.78. The summed E-state index contributed by atoms with van der Waals surface area (Å²) in [5, 5.41) is 9.89. The highest BCUT2D eigenvalue weighted by Gasteiger charge is 2.34. The van der Waals surface area contributed by atoms with E-state index < -0.39 is 0 Å². The fourth-order valence-corrected chi connectivity index (χ4v) is 6.23. The van der Waals surface area contributed by atoms with Gasteiger partial charge in [0.15, 0.2) is 0 Å². The molecule has 0 bridgehead atoms. The molecule has 3 aliphatic rings. The Balaban J connectivity index is 1.21. The normalized spacial score (nSPS) is 17.4. The van der Waals surface area contributed by atoms with E-state index >= 15 is 0 Å². The number of aryl methyl sites for hydroxylation is 2. The van der Waals surface area contributed by atoms with E-state index in [0.29, 0.717) is 11.8 Å². The van der Waals surface area contributed by atoms with Crippen molar-refractivity contribution in [2.24, 2.45) is 14.1 Å². The van der Waals surface area contributed by atoms with Crippen molar-refractivity contribution in [2.45, 2.75) is 44.7 Å². The lowest BCUT2D eigenvalue weighted by Crippen LogP contribution is -2.31. The molecule has 4 aromatic rings. The molecule has 196 valence electrons. The molecule has 0 N–H and O–H groups in total. The van der Waals surface area contributed by atoms with Crippen molar-refractivity contribution < 1.29 is 4.74 Å². The van der Waals surface area contributed by atoms with Gasteiger partial charge in [-0.1, -0.05) is 12.1 Å². The second-order valence-electron chi connectivity index (χ2n) is 10.9. The Bertz CT molecular complexity index is 1510. The first kappa shape index (κ1) is 23.4. The van der Waals surface area contributed by atoms with E-state index in [1.54, 1.807) is 13.4 Å². The van der Waals surface area contributed by atoms with Crippen molar-refractivity contribution in [3.05, 3.63) is 58.8 Å². The van der Waals surface area contributed by atoms with Crippen LogP contribution >= 0.6 is 0 Å². The number of rotatable bonds is 5. The molecule has 0 unspecified atom stereocenters. The van der Waals surface area contributed by atoms with Gasteiger partial charge in [-0.25, -0.2) is 9.97 Å². The lowest BCUT2D eigenvalue weighted by atomic mass is 9.98. The Morgan fingerprint density at radius 3 is 2.21 bits per heavy atom. The zero-order valence-corrected chi connectivity index (χ0v) is 22.6. The average molecular weight is 511 g/mol. The summed E-state index contributed by atoms with van der Waals surface area (Å²) in [7, 11) is 7.98.